The average Bonchev–Trinajstić information content (AvgIpc) is 2.42. The second kappa shape index (κ2) is 6.38. The molecule has 18 heavy (non-hydrogen) atoms. The Morgan fingerprint density at radius 1 is 1.39 bits per heavy atom. The first-order valence-electron chi connectivity index (χ1n) is 6.59. The maximum absolute atomic E-state index is 4.37. The molecule has 0 radical (unpaired) electrons. The summed E-state index contributed by atoms with van der Waals surface area (Å²) in [5, 5.41) is 4.65. The fourth-order valence-electron chi connectivity index (χ4n) is 2.37. The second-order valence-electron chi connectivity index (χ2n) is 4.71. The molecule has 0 aliphatic carbocycles. The third kappa shape index (κ3) is 3.14. The van der Waals surface area contributed by atoms with E-state index in [0.717, 1.165) is 17.4 Å². The van der Waals surface area contributed by atoms with Crippen molar-refractivity contribution >= 4 is 17.6 Å². The number of thioether (sulfide) groups is 1. The van der Waals surface area contributed by atoms with Gasteiger partial charge < -0.3 is 10.2 Å². The molecule has 2 rings (SSSR count). The van der Waals surface area contributed by atoms with Crippen LogP contribution in [0.5, 0.6) is 0 Å². The minimum absolute atomic E-state index is 0.552. The van der Waals surface area contributed by atoms with Crippen LogP contribution >= 0.6 is 11.8 Å². The molecular formula is C13H22N4S. The van der Waals surface area contributed by atoms with Gasteiger partial charge in [-0.1, -0.05) is 6.92 Å². The number of nitrogens with zero attached hydrogens (tertiary/aromatic N) is 3. The summed E-state index contributed by atoms with van der Waals surface area (Å²) in [6.07, 6.45) is 6.11. The van der Waals surface area contributed by atoms with Crippen molar-refractivity contribution in [3.8, 4) is 0 Å². The normalized spacial score (nSPS) is 17.9. The van der Waals surface area contributed by atoms with Crippen LogP contribution in [-0.4, -0.2) is 46.8 Å². The number of nitrogens with one attached hydrogen (secondary N) is 1. The molecular weight excluding hydrogens is 244 g/mol. The van der Waals surface area contributed by atoms with Crippen molar-refractivity contribution < 1.29 is 0 Å². The van der Waals surface area contributed by atoms with Gasteiger partial charge in [-0.2, -0.15) is 0 Å². The van der Waals surface area contributed by atoms with Gasteiger partial charge in [-0.05, 0) is 32.6 Å². The molecule has 0 saturated carbocycles. The van der Waals surface area contributed by atoms with Crippen LogP contribution in [0.1, 0.15) is 25.3 Å². The zero-order valence-electron chi connectivity index (χ0n) is 11.4. The fourth-order valence-corrected chi connectivity index (χ4v) is 2.93. The van der Waals surface area contributed by atoms with Crippen LogP contribution in [0, 0.1) is 6.92 Å². The summed E-state index contributed by atoms with van der Waals surface area (Å²) < 4.78 is 0. The Kier molecular flexibility index (Phi) is 4.83. The molecule has 1 fully saturated rings. The third-order valence-electron chi connectivity index (χ3n) is 3.61. The molecule has 100 valence electrons. The molecule has 1 aromatic heterocycles. The van der Waals surface area contributed by atoms with E-state index in [1.54, 1.807) is 18.1 Å². The average molecular weight is 266 g/mol. The first-order chi connectivity index (χ1) is 8.74. The summed E-state index contributed by atoms with van der Waals surface area (Å²) in [6, 6.07) is 0.552. The standard InChI is InChI=1S/C13H22N4S/c1-4-17-7-5-11(6-8-17)16-12-10(2)13(18-3)15-9-14-12/h9,11H,4-8H2,1-3H3,(H,14,15,16). The summed E-state index contributed by atoms with van der Waals surface area (Å²) in [6.45, 7) is 7.86. The molecule has 1 N–H and O–H groups in total. The zero-order chi connectivity index (χ0) is 13.0. The zero-order valence-corrected chi connectivity index (χ0v) is 12.3. The summed E-state index contributed by atoms with van der Waals surface area (Å²) >= 11 is 1.68. The largest absolute Gasteiger partial charge is 0.367 e. The molecule has 2 heterocycles. The number of anilines is 1. The van der Waals surface area contributed by atoms with Crippen LogP contribution < -0.4 is 5.32 Å². The summed E-state index contributed by atoms with van der Waals surface area (Å²) in [7, 11) is 0. The Hall–Kier alpha value is -0.810. The van der Waals surface area contributed by atoms with E-state index in [1.807, 2.05) is 0 Å². The highest BCUT2D eigenvalue weighted by molar-refractivity contribution is 7.98. The van der Waals surface area contributed by atoms with Gasteiger partial charge in [-0.25, -0.2) is 9.97 Å². The van der Waals surface area contributed by atoms with Gasteiger partial charge in [-0.15, -0.1) is 11.8 Å². The molecule has 1 aliphatic heterocycles. The molecule has 1 saturated heterocycles. The smallest absolute Gasteiger partial charge is 0.133 e. The quantitative estimate of drug-likeness (QED) is 0.669. The summed E-state index contributed by atoms with van der Waals surface area (Å²) in [4.78, 5) is 11.1. The van der Waals surface area contributed by atoms with E-state index in [0.29, 0.717) is 6.04 Å². The molecule has 1 aliphatic rings. The van der Waals surface area contributed by atoms with Crippen LogP contribution in [0.2, 0.25) is 0 Å². The number of aromatic nitrogens is 2. The Morgan fingerprint density at radius 2 is 2.11 bits per heavy atom. The van der Waals surface area contributed by atoms with Gasteiger partial charge in [0.05, 0.1) is 0 Å². The van der Waals surface area contributed by atoms with Crippen LogP contribution in [0.4, 0.5) is 5.82 Å². The van der Waals surface area contributed by atoms with Gasteiger partial charge in [0, 0.05) is 24.7 Å². The van der Waals surface area contributed by atoms with Crippen molar-refractivity contribution in [2.24, 2.45) is 0 Å². The summed E-state index contributed by atoms with van der Waals surface area (Å²) in [5.41, 5.74) is 1.17. The monoisotopic (exact) mass is 266 g/mol. The van der Waals surface area contributed by atoms with Crippen molar-refractivity contribution in [2.75, 3.05) is 31.2 Å². The molecule has 0 atom stereocenters. The number of likely N-dealkylation sites (tertiary alicyclic amines) is 1. The fraction of sp³-hybridized carbons (Fsp3) is 0.692. The van der Waals surface area contributed by atoms with Gasteiger partial charge >= 0.3 is 0 Å². The second-order valence-corrected chi connectivity index (χ2v) is 5.50. The highest BCUT2D eigenvalue weighted by Gasteiger charge is 2.19. The molecule has 1 aromatic rings. The Balaban J connectivity index is 1.98. The van der Waals surface area contributed by atoms with Crippen LogP contribution in [0.25, 0.3) is 0 Å². The van der Waals surface area contributed by atoms with Crippen molar-refractivity contribution in [1.29, 1.82) is 0 Å². The van der Waals surface area contributed by atoms with Crippen LogP contribution in [0.3, 0.4) is 0 Å². The predicted molar refractivity (Wildman–Crippen MR) is 77.3 cm³/mol. The number of hydrogen-bond acceptors (Lipinski definition) is 5. The minimum Gasteiger partial charge on any atom is -0.367 e. The highest BCUT2D eigenvalue weighted by atomic mass is 32.2. The van der Waals surface area contributed by atoms with Gasteiger partial charge in [0.1, 0.15) is 17.2 Å². The SMILES string of the molecule is CCN1CCC(Nc2ncnc(SC)c2C)CC1. The molecule has 0 amide bonds. The molecule has 0 unspecified atom stereocenters. The first kappa shape index (κ1) is 13.6. The molecule has 0 aromatic carbocycles. The van der Waals surface area contributed by atoms with E-state index >= 15 is 0 Å². The maximum Gasteiger partial charge on any atom is 0.133 e. The van der Waals surface area contributed by atoms with E-state index in [4.69, 9.17) is 0 Å². The Labute approximate surface area is 114 Å². The molecule has 5 heteroatoms. The molecule has 0 spiro atoms. The lowest BCUT2D eigenvalue weighted by atomic mass is 10.1. The van der Waals surface area contributed by atoms with E-state index in [1.165, 1.54) is 31.5 Å². The van der Waals surface area contributed by atoms with Crippen molar-refractivity contribution in [3.05, 3.63) is 11.9 Å². The topological polar surface area (TPSA) is 41.0 Å². The molecule has 0 bridgehead atoms. The van der Waals surface area contributed by atoms with E-state index in [2.05, 4.69) is 40.3 Å². The van der Waals surface area contributed by atoms with Gasteiger partial charge in [-0.3, -0.25) is 0 Å². The number of rotatable bonds is 4. The van der Waals surface area contributed by atoms with Gasteiger partial charge in [0.15, 0.2) is 0 Å². The minimum atomic E-state index is 0.552. The lowest BCUT2D eigenvalue weighted by molar-refractivity contribution is 0.229. The van der Waals surface area contributed by atoms with E-state index < -0.39 is 0 Å². The van der Waals surface area contributed by atoms with Crippen molar-refractivity contribution in [1.82, 2.24) is 14.9 Å². The lowest BCUT2D eigenvalue weighted by Crippen LogP contribution is -2.39. The van der Waals surface area contributed by atoms with Gasteiger partial charge in [0.25, 0.3) is 0 Å². The van der Waals surface area contributed by atoms with Crippen LogP contribution in [0.15, 0.2) is 11.4 Å². The van der Waals surface area contributed by atoms with Gasteiger partial charge in [0.2, 0.25) is 0 Å². The predicted octanol–water partition coefficient (Wildman–Crippen LogP) is 2.40. The van der Waals surface area contributed by atoms with E-state index in [9.17, 15) is 0 Å². The Morgan fingerprint density at radius 3 is 2.72 bits per heavy atom. The maximum atomic E-state index is 4.37. The van der Waals surface area contributed by atoms with Crippen molar-refractivity contribution in [2.45, 2.75) is 37.8 Å². The number of piperidine rings is 1. The highest BCUT2D eigenvalue weighted by Crippen LogP contribution is 2.23. The number of hydrogen-bond donors (Lipinski definition) is 1. The lowest BCUT2D eigenvalue weighted by Gasteiger charge is -2.32. The van der Waals surface area contributed by atoms with E-state index in [-0.39, 0.29) is 0 Å². The van der Waals surface area contributed by atoms with Crippen molar-refractivity contribution in [3.63, 3.8) is 0 Å². The Bertz CT molecular complexity index is 389. The third-order valence-corrected chi connectivity index (χ3v) is 4.41. The first-order valence-corrected chi connectivity index (χ1v) is 7.81. The summed E-state index contributed by atoms with van der Waals surface area (Å²) in [5.74, 6) is 1.00. The molecule has 4 nitrogen and oxygen atoms in total. The van der Waals surface area contributed by atoms with Crippen LogP contribution in [-0.2, 0) is 0 Å².